The van der Waals surface area contributed by atoms with Gasteiger partial charge < -0.3 is 10.2 Å². The number of aryl methyl sites for hydroxylation is 1. The number of nitrogens with one attached hydrogen (secondary N) is 1. The van der Waals surface area contributed by atoms with E-state index in [1.54, 1.807) is 0 Å². The zero-order chi connectivity index (χ0) is 11.7. The third kappa shape index (κ3) is 1.88. The second kappa shape index (κ2) is 4.13. The van der Waals surface area contributed by atoms with E-state index >= 15 is 0 Å². The first-order valence-corrected chi connectivity index (χ1v) is 5.79. The Bertz CT molecular complexity index is 452. The van der Waals surface area contributed by atoms with Gasteiger partial charge in [0.2, 0.25) is 0 Å². The first kappa shape index (κ1) is 10.9. The third-order valence-electron chi connectivity index (χ3n) is 2.61. The van der Waals surface area contributed by atoms with Crippen LogP contribution in [0.4, 0.5) is 9.80 Å². The molecule has 1 aromatic rings. The van der Waals surface area contributed by atoms with Crippen LogP contribution in [-0.2, 0) is 12.8 Å². The molecule has 1 aliphatic rings. The smallest absolute Gasteiger partial charge is 0.409 e. The van der Waals surface area contributed by atoms with Gasteiger partial charge in [0.25, 0.3) is 0 Å². The first-order valence-electron chi connectivity index (χ1n) is 4.97. The summed E-state index contributed by atoms with van der Waals surface area (Å²) in [5, 5.41) is 20.1. The van der Waals surface area contributed by atoms with E-state index in [9.17, 15) is 9.59 Å². The van der Waals surface area contributed by atoms with Crippen molar-refractivity contribution in [3.05, 3.63) is 16.0 Å². The van der Waals surface area contributed by atoms with E-state index < -0.39 is 12.1 Å². The summed E-state index contributed by atoms with van der Waals surface area (Å²) in [6.45, 7) is 0. The number of hydrogen-bond acceptors (Lipinski definition) is 3. The molecule has 0 saturated carbocycles. The molecule has 1 amide bonds. The van der Waals surface area contributed by atoms with Gasteiger partial charge in [-0.1, -0.05) is 0 Å². The van der Waals surface area contributed by atoms with E-state index in [4.69, 9.17) is 10.2 Å². The van der Waals surface area contributed by atoms with Gasteiger partial charge in [-0.25, -0.2) is 9.59 Å². The molecule has 86 valence electrons. The maximum Gasteiger partial charge on any atom is 0.409 e. The topological polar surface area (TPSA) is 86.6 Å². The normalized spacial score (nSPS) is 14.2. The number of anilines is 1. The highest BCUT2D eigenvalue weighted by molar-refractivity contribution is 7.17. The van der Waals surface area contributed by atoms with Crippen molar-refractivity contribution in [2.24, 2.45) is 0 Å². The molecule has 6 heteroatoms. The minimum Gasteiger partial charge on any atom is -0.478 e. The Kier molecular flexibility index (Phi) is 2.82. The molecule has 1 aliphatic carbocycles. The van der Waals surface area contributed by atoms with Gasteiger partial charge in [-0.15, -0.1) is 11.3 Å². The molecular formula is C10H11NO4S. The molecule has 0 fully saturated rings. The number of carboxylic acid groups (broad SMARTS) is 2. The van der Waals surface area contributed by atoms with Crippen LogP contribution in [0.15, 0.2) is 0 Å². The van der Waals surface area contributed by atoms with E-state index in [1.165, 1.54) is 11.3 Å². The molecule has 1 aromatic heterocycles. The van der Waals surface area contributed by atoms with Crippen molar-refractivity contribution in [3.63, 3.8) is 0 Å². The second-order valence-electron chi connectivity index (χ2n) is 3.65. The van der Waals surface area contributed by atoms with E-state index in [0.29, 0.717) is 0 Å². The van der Waals surface area contributed by atoms with Crippen molar-refractivity contribution in [1.29, 1.82) is 0 Å². The zero-order valence-electron chi connectivity index (χ0n) is 8.45. The van der Waals surface area contributed by atoms with Gasteiger partial charge in [-0.2, -0.15) is 0 Å². The fraction of sp³-hybridized carbons (Fsp3) is 0.400. The average Bonchev–Trinajstić information content (AvgIpc) is 2.53. The van der Waals surface area contributed by atoms with Crippen LogP contribution >= 0.6 is 11.3 Å². The van der Waals surface area contributed by atoms with Gasteiger partial charge in [-0.3, -0.25) is 5.32 Å². The van der Waals surface area contributed by atoms with Crippen molar-refractivity contribution in [1.82, 2.24) is 0 Å². The highest BCUT2D eigenvalue weighted by atomic mass is 32.1. The predicted octanol–water partition coefficient (Wildman–Crippen LogP) is 2.42. The number of carbonyl (C=O) groups is 2. The average molecular weight is 241 g/mol. The first-order chi connectivity index (χ1) is 7.59. The van der Waals surface area contributed by atoms with Crippen LogP contribution in [0.5, 0.6) is 0 Å². The van der Waals surface area contributed by atoms with E-state index in [2.05, 4.69) is 5.32 Å². The molecule has 0 aliphatic heterocycles. The lowest BCUT2D eigenvalue weighted by Crippen LogP contribution is -2.11. The Labute approximate surface area is 95.7 Å². The van der Waals surface area contributed by atoms with Crippen LogP contribution < -0.4 is 5.32 Å². The van der Waals surface area contributed by atoms with Gasteiger partial charge in [0, 0.05) is 4.88 Å². The number of rotatable bonds is 2. The van der Waals surface area contributed by atoms with Gasteiger partial charge >= 0.3 is 12.1 Å². The van der Waals surface area contributed by atoms with E-state index in [0.717, 1.165) is 36.1 Å². The molecule has 0 spiro atoms. The van der Waals surface area contributed by atoms with Crippen molar-refractivity contribution >= 4 is 28.4 Å². The number of aromatic carboxylic acids is 1. The van der Waals surface area contributed by atoms with Crippen molar-refractivity contribution in [2.75, 3.05) is 5.32 Å². The molecule has 2 rings (SSSR count). The summed E-state index contributed by atoms with van der Waals surface area (Å²) < 4.78 is 0. The molecule has 0 bridgehead atoms. The number of carboxylic acids is 1. The molecule has 0 unspecified atom stereocenters. The van der Waals surface area contributed by atoms with Crippen LogP contribution in [0.3, 0.4) is 0 Å². The third-order valence-corrected chi connectivity index (χ3v) is 3.81. The lowest BCUT2D eigenvalue weighted by molar-refractivity contribution is 0.0697. The van der Waals surface area contributed by atoms with Crippen LogP contribution in [0.2, 0.25) is 0 Å². The van der Waals surface area contributed by atoms with Crippen molar-refractivity contribution in [3.8, 4) is 0 Å². The summed E-state index contributed by atoms with van der Waals surface area (Å²) in [6.07, 6.45) is 2.37. The Hall–Kier alpha value is -1.56. The van der Waals surface area contributed by atoms with Gasteiger partial charge in [0.15, 0.2) is 0 Å². The lowest BCUT2D eigenvalue weighted by atomic mass is 9.95. The van der Waals surface area contributed by atoms with Gasteiger partial charge in [0.1, 0.15) is 5.00 Å². The molecule has 5 nitrogen and oxygen atoms in total. The molecule has 0 saturated heterocycles. The van der Waals surface area contributed by atoms with Crippen molar-refractivity contribution < 1.29 is 19.8 Å². The molecule has 0 radical (unpaired) electrons. The van der Waals surface area contributed by atoms with Crippen LogP contribution in [0, 0.1) is 0 Å². The monoisotopic (exact) mass is 241 g/mol. The molecule has 3 N–H and O–H groups in total. The summed E-state index contributed by atoms with van der Waals surface area (Å²) in [6, 6.07) is 0. The number of fused-ring (bicyclic) bond motifs is 1. The summed E-state index contributed by atoms with van der Waals surface area (Å²) in [7, 11) is 0. The summed E-state index contributed by atoms with van der Waals surface area (Å²) in [4.78, 5) is 22.7. The fourth-order valence-electron chi connectivity index (χ4n) is 1.98. The minimum atomic E-state index is -1.22. The molecule has 0 atom stereocenters. The minimum absolute atomic E-state index is 0.141. The number of hydrogen-bond donors (Lipinski definition) is 3. The number of thiophene rings is 1. The Balaban J connectivity index is 2.47. The van der Waals surface area contributed by atoms with Gasteiger partial charge in [0.05, 0.1) is 5.56 Å². The Morgan fingerprint density at radius 2 is 1.88 bits per heavy atom. The predicted molar refractivity (Wildman–Crippen MR) is 59.6 cm³/mol. The summed E-state index contributed by atoms with van der Waals surface area (Å²) >= 11 is 1.25. The quantitative estimate of drug-likeness (QED) is 0.742. The molecule has 1 heterocycles. The second-order valence-corrected chi connectivity index (χ2v) is 4.76. The van der Waals surface area contributed by atoms with Crippen molar-refractivity contribution in [2.45, 2.75) is 25.7 Å². The zero-order valence-corrected chi connectivity index (χ0v) is 9.26. The largest absolute Gasteiger partial charge is 0.478 e. The van der Waals surface area contributed by atoms with Crippen LogP contribution in [-0.4, -0.2) is 22.3 Å². The van der Waals surface area contributed by atoms with Crippen LogP contribution in [0.25, 0.3) is 0 Å². The lowest BCUT2D eigenvalue weighted by Gasteiger charge is -2.10. The van der Waals surface area contributed by atoms with Gasteiger partial charge in [-0.05, 0) is 31.2 Å². The van der Waals surface area contributed by atoms with E-state index in [-0.39, 0.29) is 10.6 Å². The summed E-state index contributed by atoms with van der Waals surface area (Å²) in [5.41, 5.74) is 0.953. The molecule has 16 heavy (non-hydrogen) atoms. The van der Waals surface area contributed by atoms with E-state index in [1.807, 2.05) is 0 Å². The standard InChI is InChI=1S/C10H11NO4S/c12-9(13)7-5-3-1-2-4-6(5)16-8(7)11-10(14)15/h11H,1-4H2,(H,12,13)(H,14,15). The fourth-order valence-corrected chi connectivity index (χ4v) is 3.25. The Morgan fingerprint density at radius 3 is 2.50 bits per heavy atom. The maximum absolute atomic E-state index is 11.1. The molecule has 0 aromatic carbocycles. The van der Waals surface area contributed by atoms with Crippen LogP contribution in [0.1, 0.15) is 33.6 Å². The highest BCUT2D eigenvalue weighted by Gasteiger charge is 2.25. The maximum atomic E-state index is 11.1. The summed E-state index contributed by atoms with van der Waals surface area (Å²) in [5.74, 6) is -1.05. The Morgan fingerprint density at radius 1 is 1.19 bits per heavy atom. The molecular weight excluding hydrogens is 230 g/mol. The SMILES string of the molecule is O=C(O)Nc1sc2c(c1C(=O)O)CCCC2. The number of amides is 1. The highest BCUT2D eigenvalue weighted by Crippen LogP contribution is 2.37.